The van der Waals surface area contributed by atoms with Gasteiger partial charge in [0, 0.05) is 38.3 Å². The summed E-state index contributed by atoms with van der Waals surface area (Å²) in [5, 5.41) is 0. The van der Waals surface area contributed by atoms with Crippen molar-refractivity contribution in [1.82, 2.24) is 19.6 Å². The first-order valence-corrected chi connectivity index (χ1v) is 12.5. The van der Waals surface area contributed by atoms with Gasteiger partial charge >= 0.3 is 6.03 Å². The Morgan fingerprint density at radius 1 is 0.844 bits per heavy atom. The molecule has 1 aromatic carbocycles. The Morgan fingerprint density at radius 3 is 2.19 bits per heavy atom. The molecule has 0 unspecified atom stereocenters. The Balaban J connectivity index is 1.08. The number of rotatable bonds is 6. The molecule has 5 rings (SSSR count). The number of nitrogens with zero attached hydrogens (tertiary/aromatic N) is 4. The summed E-state index contributed by atoms with van der Waals surface area (Å²) in [5.74, 6) is 0.896. The van der Waals surface area contributed by atoms with Crippen molar-refractivity contribution < 1.29 is 14.3 Å². The number of piperidine rings is 1. The van der Waals surface area contributed by atoms with Crippen molar-refractivity contribution in [2.45, 2.75) is 57.0 Å². The molecule has 0 aromatic heterocycles. The number of fused-ring (bicyclic) bond motifs is 2. The monoisotopic (exact) mass is 440 g/mol. The summed E-state index contributed by atoms with van der Waals surface area (Å²) in [6.45, 7) is 7.33. The number of amides is 3. The maximum atomic E-state index is 13.1. The first-order chi connectivity index (χ1) is 15.7. The van der Waals surface area contributed by atoms with Crippen LogP contribution in [0.1, 0.15) is 55.3 Å². The van der Waals surface area contributed by atoms with Crippen molar-refractivity contribution in [2.24, 2.45) is 0 Å². The molecule has 32 heavy (non-hydrogen) atoms. The molecule has 0 spiro atoms. The van der Waals surface area contributed by atoms with Gasteiger partial charge in [0.25, 0.3) is 5.91 Å². The van der Waals surface area contributed by atoms with E-state index in [-0.39, 0.29) is 24.0 Å². The summed E-state index contributed by atoms with van der Waals surface area (Å²) in [5.41, 5.74) is 0.704. The molecule has 4 heterocycles. The summed E-state index contributed by atoms with van der Waals surface area (Å²) in [6.07, 6.45) is 8.16. The van der Waals surface area contributed by atoms with Crippen molar-refractivity contribution in [3.8, 4) is 5.75 Å². The first kappa shape index (κ1) is 21.6. The molecule has 1 aromatic rings. The number of benzene rings is 1. The van der Waals surface area contributed by atoms with Gasteiger partial charge in [0.05, 0.1) is 18.7 Å². The van der Waals surface area contributed by atoms with E-state index in [9.17, 15) is 9.59 Å². The van der Waals surface area contributed by atoms with Gasteiger partial charge in [-0.25, -0.2) is 4.79 Å². The smallest absolute Gasteiger partial charge is 0.320 e. The fourth-order valence-corrected chi connectivity index (χ4v) is 5.76. The van der Waals surface area contributed by atoms with E-state index in [2.05, 4.69) is 4.90 Å². The van der Waals surface area contributed by atoms with Crippen molar-refractivity contribution >= 4 is 11.9 Å². The minimum atomic E-state index is 0.0717. The highest BCUT2D eigenvalue weighted by Crippen LogP contribution is 2.33. The second-order valence-corrected chi connectivity index (χ2v) is 9.76. The third kappa shape index (κ3) is 4.58. The number of piperazine rings is 1. The van der Waals surface area contributed by atoms with Crippen LogP contribution in [0.3, 0.4) is 0 Å². The lowest BCUT2D eigenvalue weighted by atomic mass is 10.1. The Bertz CT molecular complexity index is 802. The average molecular weight is 441 g/mol. The molecule has 0 N–H and O–H groups in total. The summed E-state index contributed by atoms with van der Waals surface area (Å²) < 4.78 is 5.90. The maximum Gasteiger partial charge on any atom is 0.320 e. The van der Waals surface area contributed by atoms with E-state index in [1.54, 1.807) is 0 Å². The van der Waals surface area contributed by atoms with Crippen LogP contribution >= 0.6 is 0 Å². The fourth-order valence-electron chi connectivity index (χ4n) is 5.76. The normalized spacial score (nSPS) is 25.6. The SMILES string of the molecule is O=C(c1ccc(OCCCN2CCCCC2)cc1)N1C[C@@H]2C[C@H]1CN2C(=O)N1CCCC1. The lowest BCUT2D eigenvalue weighted by Gasteiger charge is -2.36. The van der Waals surface area contributed by atoms with Gasteiger partial charge in [-0.15, -0.1) is 0 Å². The highest BCUT2D eigenvalue weighted by Gasteiger charge is 2.48. The molecule has 0 aliphatic carbocycles. The molecular formula is C25H36N4O3. The van der Waals surface area contributed by atoms with Gasteiger partial charge in [-0.1, -0.05) is 6.42 Å². The van der Waals surface area contributed by atoms with E-state index in [1.165, 1.54) is 32.4 Å². The highest BCUT2D eigenvalue weighted by molar-refractivity contribution is 5.95. The molecule has 4 aliphatic rings. The molecule has 7 nitrogen and oxygen atoms in total. The van der Waals surface area contributed by atoms with E-state index < -0.39 is 0 Å². The lowest BCUT2D eigenvalue weighted by Crippen LogP contribution is -2.53. The zero-order valence-corrected chi connectivity index (χ0v) is 19.1. The van der Waals surface area contributed by atoms with Crippen molar-refractivity contribution in [1.29, 1.82) is 0 Å². The third-order valence-electron chi connectivity index (χ3n) is 7.56. The van der Waals surface area contributed by atoms with Crippen LogP contribution < -0.4 is 4.74 Å². The van der Waals surface area contributed by atoms with Gasteiger partial charge < -0.3 is 24.3 Å². The van der Waals surface area contributed by atoms with Gasteiger partial charge in [0.1, 0.15) is 5.75 Å². The van der Waals surface area contributed by atoms with Crippen molar-refractivity contribution in [3.63, 3.8) is 0 Å². The predicted molar refractivity (Wildman–Crippen MR) is 123 cm³/mol. The van der Waals surface area contributed by atoms with Gasteiger partial charge in [-0.2, -0.15) is 0 Å². The Hall–Kier alpha value is -2.28. The summed E-state index contributed by atoms with van der Waals surface area (Å²) >= 11 is 0. The first-order valence-electron chi connectivity index (χ1n) is 12.5. The van der Waals surface area contributed by atoms with Crippen LogP contribution in [-0.2, 0) is 0 Å². The van der Waals surface area contributed by atoms with Crippen LogP contribution in [-0.4, -0.2) is 96.0 Å². The molecule has 4 aliphatic heterocycles. The van der Waals surface area contributed by atoms with E-state index in [0.29, 0.717) is 25.3 Å². The van der Waals surface area contributed by atoms with Gasteiger partial charge in [-0.3, -0.25) is 4.79 Å². The molecule has 2 bridgehead atoms. The molecule has 0 radical (unpaired) electrons. The predicted octanol–water partition coefficient (Wildman–Crippen LogP) is 3.06. The van der Waals surface area contributed by atoms with Crippen LogP contribution in [0.2, 0.25) is 0 Å². The molecule has 4 saturated heterocycles. The Kier molecular flexibility index (Phi) is 6.53. The van der Waals surface area contributed by atoms with Gasteiger partial charge in [-0.05, 0) is 75.9 Å². The summed E-state index contributed by atoms with van der Waals surface area (Å²) in [6, 6.07) is 8.05. The van der Waals surface area contributed by atoms with Crippen LogP contribution in [0.5, 0.6) is 5.75 Å². The fraction of sp³-hybridized carbons (Fsp3) is 0.680. The Morgan fingerprint density at radius 2 is 1.50 bits per heavy atom. The van der Waals surface area contributed by atoms with Crippen LogP contribution in [0.4, 0.5) is 4.79 Å². The minimum Gasteiger partial charge on any atom is -0.494 e. The molecular weight excluding hydrogens is 404 g/mol. The molecule has 174 valence electrons. The minimum absolute atomic E-state index is 0.0717. The van der Waals surface area contributed by atoms with Crippen molar-refractivity contribution in [2.75, 3.05) is 52.4 Å². The summed E-state index contributed by atoms with van der Waals surface area (Å²) in [7, 11) is 0. The number of carbonyl (C=O) groups excluding carboxylic acids is 2. The van der Waals surface area contributed by atoms with Crippen LogP contribution in [0.15, 0.2) is 24.3 Å². The van der Waals surface area contributed by atoms with E-state index in [1.807, 2.05) is 39.0 Å². The van der Waals surface area contributed by atoms with Crippen LogP contribution in [0.25, 0.3) is 0 Å². The second kappa shape index (κ2) is 9.69. The quantitative estimate of drug-likeness (QED) is 0.638. The van der Waals surface area contributed by atoms with Crippen molar-refractivity contribution in [3.05, 3.63) is 29.8 Å². The number of urea groups is 1. The van der Waals surface area contributed by atoms with Gasteiger partial charge in [0.15, 0.2) is 0 Å². The molecule has 0 saturated carbocycles. The van der Waals surface area contributed by atoms with Crippen LogP contribution in [0, 0.1) is 0 Å². The average Bonchev–Trinajstić information content (AvgIpc) is 3.60. The number of hydrogen-bond acceptors (Lipinski definition) is 4. The number of ether oxygens (including phenoxy) is 1. The molecule has 4 fully saturated rings. The zero-order valence-electron chi connectivity index (χ0n) is 19.1. The molecule has 3 amide bonds. The zero-order chi connectivity index (χ0) is 21.9. The largest absolute Gasteiger partial charge is 0.494 e. The Labute approximate surface area is 191 Å². The topological polar surface area (TPSA) is 56.3 Å². The lowest BCUT2D eigenvalue weighted by molar-refractivity contribution is 0.0632. The maximum absolute atomic E-state index is 13.1. The third-order valence-corrected chi connectivity index (χ3v) is 7.56. The van der Waals surface area contributed by atoms with E-state index in [0.717, 1.165) is 51.1 Å². The number of hydrogen-bond donors (Lipinski definition) is 0. The van der Waals surface area contributed by atoms with E-state index in [4.69, 9.17) is 4.74 Å². The second-order valence-electron chi connectivity index (χ2n) is 9.76. The summed E-state index contributed by atoms with van der Waals surface area (Å²) in [4.78, 5) is 34.3. The van der Waals surface area contributed by atoms with E-state index >= 15 is 0 Å². The molecule has 7 heteroatoms. The number of carbonyl (C=O) groups is 2. The number of likely N-dealkylation sites (tertiary alicyclic amines) is 4. The molecule has 2 atom stereocenters. The van der Waals surface area contributed by atoms with Gasteiger partial charge in [0.2, 0.25) is 0 Å². The highest BCUT2D eigenvalue weighted by atomic mass is 16.5. The standard InChI is InChI=1S/C25H36N4O3/c30-24(28-18-22-17-21(28)19-29(22)25(31)27-14-4-5-15-27)20-7-9-23(10-8-20)32-16-6-13-26-11-2-1-3-12-26/h7-10,21-22H,1-6,11-19H2/t21-,22-/m0/s1.